The number of furan rings is 1. The summed E-state index contributed by atoms with van der Waals surface area (Å²) in [4.78, 5) is 26.5. The number of aryl methyl sites for hydroxylation is 2. The number of rotatable bonds is 4. The third kappa shape index (κ3) is 4.24. The second-order valence-corrected chi connectivity index (χ2v) is 7.60. The van der Waals surface area contributed by atoms with Crippen molar-refractivity contribution in [1.29, 1.82) is 0 Å². The predicted octanol–water partition coefficient (Wildman–Crippen LogP) is 3.12. The molecule has 1 fully saturated rings. The number of piperidine rings is 1. The summed E-state index contributed by atoms with van der Waals surface area (Å²) in [6, 6.07) is 10.0. The van der Waals surface area contributed by atoms with Crippen LogP contribution in [0, 0.1) is 0 Å². The summed E-state index contributed by atoms with van der Waals surface area (Å²) in [5.74, 6) is 0.380. The Hall–Kier alpha value is -2.56. The van der Waals surface area contributed by atoms with Crippen molar-refractivity contribution in [1.82, 2.24) is 10.2 Å². The van der Waals surface area contributed by atoms with E-state index in [9.17, 15) is 9.59 Å². The number of likely N-dealkylation sites (tertiary alicyclic amines) is 1. The van der Waals surface area contributed by atoms with Crippen molar-refractivity contribution in [2.75, 3.05) is 13.1 Å². The number of carbonyl (C=O) groups is 2. The van der Waals surface area contributed by atoms with Gasteiger partial charge in [-0.2, -0.15) is 0 Å². The van der Waals surface area contributed by atoms with Crippen LogP contribution in [0.25, 0.3) is 0 Å². The van der Waals surface area contributed by atoms with Crippen LogP contribution in [-0.2, 0) is 24.1 Å². The zero-order valence-corrected chi connectivity index (χ0v) is 15.6. The lowest BCUT2D eigenvalue weighted by atomic mass is 9.90. The average molecular weight is 366 g/mol. The molecular weight excluding hydrogens is 340 g/mol. The normalized spacial score (nSPS) is 17.4. The van der Waals surface area contributed by atoms with Crippen LogP contribution in [0.3, 0.4) is 0 Å². The summed E-state index contributed by atoms with van der Waals surface area (Å²) in [6.45, 7) is 1.28. The van der Waals surface area contributed by atoms with Crippen molar-refractivity contribution in [3.8, 4) is 0 Å². The number of nitrogens with one attached hydrogen (secondary N) is 1. The molecule has 5 nitrogen and oxygen atoms in total. The van der Waals surface area contributed by atoms with Gasteiger partial charge in [0.05, 0.1) is 12.7 Å². The first kappa shape index (κ1) is 17.8. The molecule has 2 heterocycles. The summed E-state index contributed by atoms with van der Waals surface area (Å²) in [5.41, 5.74) is 3.95. The van der Waals surface area contributed by atoms with E-state index in [0.717, 1.165) is 31.2 Å². The average Bonchev–Trinajstić information content (AvgIpc) is 3.23. The van der Waals surface area contributed by atoms with Crippen LogP contribution in [0.5, 0.6) is 0 Å². The zero-order valence-electron chi connectivity index (χ0n) is 15.6. The molecule has 142 valence electrons. The summed E-state index contributed by atoms with van der Waals surface area (Å²) >= 11 is 0. The highest BCUT2D eigenvalue weighted by molar-refractivity contribution is 5.91. The molecule has 1 aliphatic carbocycles. The molecule has 1 N–H and O–H groups in total. The smallest absolute Gasteiger partial charge is 0.289 e. The SMILES string of the molecule is O=C(Cc1ccc2c(c1)CCCC2)NC1CCN(C(=O)c2ccco2)CC1. The molecule has 1 aromatic heterocycles. The van der Waals surface area contributed by atoms with Crippen LogP contribution in [-0.4, -0.2) is 35.8 Å². The molecule has 0 spiro atoms. The number of hydrogen-bond donors (Lipinski definition) is 1. The van der Waals surface area contributed by atoms with Crippen LogP contribution in [0.1, 0.15) is 52.9 Å². The highest BCUT2D eigenvalue weighted by atomic mass is 16.3. The first-order valence-electron chi connectivity index (χ1n) is 9.92. The highest BCUT2D eigenvalue weighted by Gasteiger charge is 2.25. The maximum absolute atomic E-state index is 12.4. The van der Waals surface area contributed by atoms with E-state index < -0.39 is 0 Å². The maximum atomic E-state index is 12.4. The molecule has 0 unspecified atom stereocenters. The third-order valence-electron chi connectivity index (χ3n) is 5.66. The molecular formula is C22H26N2O3. The lowest BCUT2D eigenvalue weighted by Gasteiger charge is -2.32. The number of amides is 2. The van der Waals surface area contributed by atoms with E-state index in [1.807, 2.05) is 0 Å². The van der Waals surface area contributed by atoms with Crippen molar-refractivity contribution in [3.05, 3.63) is 59.0 Å². The van der Waals surface area contributed by atoms with Gasteiger partial charge in [-0.1, -0.05) is 18.2 Å². The van der Waals surface area contributed by atoms with E-state index >= 15 is 0 Å². The van der Waals surface area contributed by atoms with Gasteiger partial charge in [0.25, 0.3) is 5.91 Å². The zero-order chi connectivity index (χ0) is 18.6. The Balaban J connectivity index is 1.26. The van der Waals surface area contributed by atoms with Crippen LogP contribution in [0.4, 0.5) is 0 Å². The van der Waals surface area contributed by atoms with E-state index in [0.29, 0.717) is 25.3 Å². The van der Waals surface area contributed by atoms with Crippen molar-refractivity contribution in [2.24, 2.45) is 0 Å². The van der Waals surface area contributed by atoms with E-state index in [1.165, 1.54) is 30.2 Å². The fourth-order valence-electron chi connectivity index (χ4n) is 4.14. The predicted molar refractivity (Wildman–Crippen MR) is 103 cm³/mol. The molecule has 0 bridgehead atoms. The van der Waals surface area contributed by atoms with Crippen molar-refractivity contribution in [3.63, 3.8) is 0 Å². The highest BCUT2D eigenvalue weighted by Crippen LogP contribution is 2.22. The van der Waals surface area contributed by atoms with Gasteiger partial charge in [0.15, 0.2) is 5.76 Å². The van der Waals surface area contributed by atoms with E-state index in [2.05, 4.69) is 23.5 Å². The molecule has 0 radical (unpaired) electrons. The molecule has 1 aromatic carbocycles. The first-order chi connectivity index (χ1) is 13.2. The van der Waals surface area contributed by atoms with Gasteiger partial charge in [-0.3, -0.25) is 9.59 Å². The van der Waals surface area contributed by atoms with Gasteiger partial charge in [0.2, 0.25) is 5.91 Å². The Bertz CT molecular complexity index is 805. The topological polar surface area (TPSA) is 62.6 Å². The van der Waals surface area contributed by atoms with Gasteiger partial charge < -0.3 is 14.6 Å². The lowest BCUT2D eigenvalue weighted by Crippen LogP contribution is -2.46. The summed E-state index contributed by atoms with van der Waals surface area (Å²) in [7, 11) is 0. The minimum absolute atomic E-state index is 0.0705. The Morgan fingerprint density at radius 2 is 1.85 bits per heavy atom. The molecule has 5 heteroatoms. The summed E-state index contributed by atoms with van der Waals surface area (Å²) in [5, 5.41) is 3.14. The molecule has 0 saturated carbocycles. The number of hydrogen-bond acceptors (Lipinski definition) is 3. The van der Waals surface area contributed by atoms with Crippen molar-refractivity contribution >= 4 is 11.8 Å². The maximum Gasteiger partial charge on any atom is 0.289 e. The molecule has 2 aliphatic rings. The van der Waals surface area contributed by atoms with Gasteiger partial charge in [0.1, 0.15) is 0 Å². The quantitative estimate of drug-likeness (QED) is 0.904. The Labute approximate surface area is 159 Å². The summed E-state index contributed by atoms with van der Waals surface area (Å²) in [6.07, 6.45) is 8.32. The van der Waals surface area contributed by atoms with E-state index in [-0.39, 0.29) is 17.9 Å². The number of benzene rings is 1. The van der Waals surface area contributed by atoms with E-state index in [1.54, 1.807) is 17.0 Å². The van der Waals surface area contributed by atoms with Gasteiger partial charge >= 0.3 is 0 Å². The fraction of sp³-hybridized carbons (Fsp3) is 0.455. The third-order valence-corrected chi connectivity index (χ3v) is 5.66. The Morgan fingerprint density at radius 3 is 2.59 bits per heavy atom. The second kappa shape index (κ2) is 7.99. The number of nitrogens with zero attached hydrogens (tertiary/aromatic N) is 1. The minimum atomic E-state index is -0.0705. The van der Waals surface area contributed by atoms with Gasteiger partial charge in [-0.15, -0.1) is 0 Å². The van der Waals surface area contributed by atoms with Crippen LogP contribution in [0.2, 0.25) is 0 Å². The second-order valence-electron chi connectivity index (χ2n) is 7.60. The number of fused-ring (bicyclic) bond motifs is 1. The molecule has 4 rings (SSSR count). The van der Waals surface area contributed by atoms with Crippen LogP contribution >= 0.6 is 0 Å². The van der Waals surface area contributed by atoms with Crippen molar-refractivity contribution < 1.29 is 14.0 Å². The van der Waals surface area contributed by atoms with Gasteiger partial charge in [-0.05, 0) is 67.3 Å². The molecule has 1 saturated heterocycles. The molecule has 2 amide bonds. The van der Waals surface area contributed by atoms with Crippen LogP contribution in [0.15, 0.2) is 41.0 Å². The number of carbonyl (C=O) groups excluding carboxylic acids is 2. The van der Waals surface area contributed by atoms with Gasteiger partial charge in [0, 0.05) is 19.1 Å². The standard InChI is InChI=1S/C22H26N2O3/c25-21(15-16-7-8-17-4-1-2-5-18(17)14-16)23-19-9-11-24(12-10-19)22(26)20-6-3-13-27-20/h3,6-8,13-14,19H,1-2,4-5,9-12,15H2,(H,23,25). The largest absolute Gasteiger partial charge is 0.459 e. The minimum Gasteiger partial charge on any atom is -0.459 e. The Morgan fingerprint density at radius 1 is 1.07 bits per heavy atom. The van der Waals surface area contributed by atoms with E-state index in [4.69, 9.17) is 4.42 Å². The fourth-order valence-corrected chi connectivity index (χ4v) is 4.14. The molecule has 2 aromatic rings. The van der Waals surface area contributed by atoms with Crippen LogP contribution < -0.4 is 5.32 Å². The Kier molecular flexibility index (Phi) is 5.28. The van der Waals surface area contributed by atoms with Crippen molar-refractivity contribution in [2.45, 2.75) is 51.0 Å². The summed E-state index contributed by atoms with van der Waals surface area (Å²) < 4.78 is 5.18. The monoisotopic (exact) mass is 366 g/mol. The first-order valence-corrected chi connectivity index (χ1v) is 9.92. The molecule has 27 heavy (non-hydrogen) atoms. The van der Waals surface area contributed by atoms with Gasteiger partial charge in [-0.25, -0.2) is 0 Å². The molecule has 0 atom stereocenters. The lowest BCUT2D eigenvalue weighted by molar-refractivity contribution is -0.121. The molecule has 1 aliphatic heterocycles.